The van der Waals surface area contributed by atoms with Crippen LogP contribution in [0, 0.1) is 0 Å². The molecular formula is C20H24N6O. The highest BCUT2D eigenvalue weighted by atomic mass is 16.2. The molecule has 0 bridgehead atoms. The highest BCUT2D eigenvalue weighted by Crippen LogP contribution is 2.31. The predicted octanol–water partition coefficient (Wildman–Crippen LogP) is 2.28. The van der Waals surface area contributed by atoms with Gasteiger partial charge in [-0.15, -0.1) is 0 Å². The molecule has 1 amide bonds. The quantitative estimate of drug-likeness (QED) is 0.774. The Kier molecular flexibility index (Phi) is 3.97. The zero-order valence-corrected chi connectivity index (χ0v) is 15.5. The molecule has 5 rings (SSSR count). The van der Waals surface area contributed by atoms with Crippen LogP contribution in [0.2, 0.25) is 0 Å². The van der Waals surface area contributed by atoms with E-state index in [9.17, 15) is 4.79 Å². The molecule has 2 aromatic heterocycles. The standard InChI is InChI=1S/C20H24N6O/c1-24-13-15(12-21-24)26-11-8-18(20(26)27)25-9-6-14(7-10-25)19-22-16-4-2-3-5-17(16)23-19/h2-5,12-14,18H,6-11H2,1H3,(H,22,23). The molecule has 1 unspecified atom stereocenters. The molecule has 2 saturated heterocycles. The van der Waals surface area contributed by atoms with Crippen LogP contribution >= 0.6 is 0 Å². The van der Waals surface area contributed by atoms with E-state index in [1.807, 2.05) is 30.3 Å². The second-order valence-corrected chi connectivity index (χ2v) is 7.62. The van der Waals surface area contributed by atoms with Crippen molar-refractivity contribution >= 4 is 22.6 Å². The van der Waals surface area contributed by atoms with Gasteiger partial charge in [0.15, 0.2) is 0 Å². The van der Waals surface area contributed by atoms with Gasteiger partial charge in [0.05, 0.1) is 29.0 Å². The molecule has 0 spiro atoms. The minimum Gasteiger partial charge on any atom is -0.342 e. The lowest BCUT2D eigenvalue weighted by molar-refractivity contribution is -0.122. The van der Waals surface area contributed by atoms with E-state index >= 15 is 0 Å². The molecule has 1 atom stereocenters. The second kappa shape index (κ2) is 6.49. The monoisotopic (exact) mass is 364 g/mol. The molecule has 1 N–H and O–H groups in total. The molecule has 7 nitrogen and oxygen atoms in total. The summed E-state index contributed by atoms with van der Waals surface area (Å²) in [6.45, 7) is 2.66. The summed E-state index contributed by atoms with van der Waals surface area (Å²) in [5.41, 5.74) is 3.04. The first-order valence-corrected chi connectivity index (χ1v) is 9.68. The number of piperidine rings is 1. The molecule has 4 heterocycles. The Hall–Kier alpha value is -2.67. The van der Waals surface area contributed by atoms with Crippen molar-refractivity contribution in [3.8, 4) is 0 Å². The zero-order chi connectivity index (χ0) is 18.4. The number of aryl methyl sites for hydroxylation is 1. The maximum absolute atomic E-state index is 12.9. The van der Waals surface area contributed by atoms with E-state index < -0.39 is 0 Å². The van der Waals surface area contributed by atoms with E-state index in [4.69, 9.17) is 4.98 Å². The Morgan fingerprint density at radius 2 is 1.93 bits per heavy atom. The summed E-state index contributed by atoms with van der Waals surface area (Å²) in [4.78, 5) is 25.4. The van der Waals surface area contributed by atoms with Gasteiger partial charge in [-0.1, -0.05) is 12.1 Å². The Morgan fingerprint density at radius 3 is 2.67 bits per heavy atom. The SMILES string of the molecule is Cn1cc(N2CCC(N3CCC(c4nc5ccccc5[nH]4)CC3)C2=O)cn1. The summed E-state index contributed by atoms with van der Waals surface area (Å²) in [5.74, 6) is 1.75. The average molecular weight is 364 g/mol. The van der Waals surface area contributed by atoms with E-state index in [-0.39, 0.29) is 11.9 Å². The molecule has 2 aliphatic rings. The van der Waals surface area contributed by atoms with E-state index in [0.717, 1.165) is 61.4 Å². The first-order chi connectivity index (χ1) is 13.2. The van der Waals surface area contributed by atoms with Crippen LogP contribution < -0.4 is 4.90 Å². The third-order valence-electron chi connectivity index (χ3n) is 5.94. The fourth-order valence-corrected chi connectivity index (χ4v) is 4.46. The number of hydrogen-bond donors (Lipinski definition) is 1. The van der Waals surface area contributed by atoms with Crippen LogP contribution in [0.3, 0.4) is 0 Å². The van der Waals surface area contributed by atoms with Gasteiger partial charge in [0.1, 0.15) is 5.82 Å². The average Bonchev–Trinajstić information content (AvgIpc) is 3.39. The first-order valence-electron chi connectivity index (χ1n) is 9.68. The number of nitrogens with zero attached hydrogens (tertiary/aromatic N) is 5. The zero-order valence-electron chi connectivity index (χ0n) is 15.5. The Labute approximate surface area is 158 Å². The Morgan fingerprint density at radius 1 is 1.11 bits per heavy atom. The lowest BCUT2D eigenvalue weighted by Crippen LogP contribution is -2.45. The number of imidazole rings is 1. The van der Waals surface area contributed by atoms with E-state index in [0.29, 0.717) is 5.92 Å². The first kappa shape index (κ1) is 16.5. The Balaban J connectivity index is 1.24. The van der Waals surface area contributed by atoms with E-state index in [2.05, 4.69) is 27.1 Å². The third-order valence-corrected chi connectivity index (χ3v) is 5.94. The number of benzene rings is 1. The van der Waals surface area contributed by atoms with Gasteiger partial charge >= 0.3 is 0 Å². The topological polar surface area (TPSA) is 70.1 Å². The molecular weight excluding hydrogens is 340 g/mol. The highest BCUT2D eigenvalue weighted by molar-refractivity contribution is 5.99. The van der Waals surface area contributed by atoms with Gasteiger partial charge in [0.2, 0.25) is 5.91 Å². The maximum atomic E-state index is 12.9. The summed E-state index contributed by atoms with van der Waals surface area (Å²) in [7, 11) is 1.88. The summed E-state index contributed by atoms with van der Waals surface area (Å²) in [6.07, 6.45) is 6.65. The number of aromatic amines is 1. The number of carbonyl (C=O) groups excluding carboxylic acids is 1. The van der Waals surface area contributed by atoms with Gasteiger partial charge in [-0.25, -0.2) is 4.98 Å². The molecule has 3 aromatic rings. The fourth-order valence-electron chi connectivity index (χ4n) is 4.46. The number of likely N-dealkylation sites (tertiary alicyclic amines) is 1. The van der Waals surface area contributed by atoms with E-state index in [1.54, 1.807) is 10.9 Å². The lowest BCUT2D eigenvalue weighted by Gasteiger charge is -2.34. The van der Waals surface area contributed by atoms with Crippen LogP contribution in [0.5, 0.6) is 0 Å². The molecule has 1 aromatic carbocycles. The number of hydrogen-bond acceptors (Lipinski definition) is 4. The molecule has 27 heavy (non-hydrogen) atoms. The number of para-hydroxylation sites is 2. The summed E-state index contributed by atoms with van der Waals surface area (Å²) in [5, 5.41) is 4.19. The summed E-state index contributed by atoms with van der Waals surface area (Å²) >= 11 is 0. The Bertz CT molecular complexity index is 935. The number of nitrogens with one attached hydrogen (secondary N) is 1. The van der Waals surface area contributed by atoms with Crippen molar-refractivity contribution in [2.45, 2.75) is 31.2 Å². The fraction of sp³-hybridized carbons (Fsp3) is 0.450. The van der Waals surface area contributed by atoms with Crippen LogP contribution in [0.1, 0.15) is 31.0 Å². The number of aromatic nitrogens is 4. The van der Waals surface area contributed by atoms with Gasteiger partial charge in [0.25, 0.3) is 0 Å². The van der Waals surface area contributed by atoms with Crippen molar-refractivity contribution < 1.29 is 4.79 Å². The van der Waals surface area contributed by atoms with E-state index in [1.165, 1.54) is 0 Å². The largest absolute Gasteiger partial charge is 0.342 e. The molecule has 0 aliphatic carbocycles. The van der Waals surface area contributed by atoms with Crippen LogP contribution in [0.25, 0.3) is 11.0 Å². The molecule has 0 saturated carbocycles. The van der Waals surface area contributed by atoms with Gasteiger partial charge in [0, 0.05) is 25.7 Å². The van der Waals surface area contributed by atoms with Crippen LogP contribution in [-0.2, 0) is 11.8 Å². The molecule has 2 fully saturated rings. The number of amides is 1. The lowest BCUT2D eigenvalue weighted by atomic mass is 9.95. The number of H-pyrrole nitrogens is 1. The van der Waals surface area contributed by atoms with Gasteiger partial charge in [-0.3, -0.25) is 14.4 Å². The van der Waals surface area contributed by atoms with Crippen molar-refractivity contribution in [2.75, 3.05) is 24.5 Å². The third kappa shape index (κ3) is 2.92. The van der Waals surface area contributed by atoms with Gasteiger partial charge < -0.3 is 9.88 Å². The highest BCUT2D eigenvalue weighted by Gasteiger charge is 2.38. The minimum absolute atomic E-state index is 0.00169. The number of fused-ring (bicyclic) bond motifs is 1. The van der Waals surface area contributed by atoms with Crippen molar-refractivity contribution in [3.63, 3.8) is 0 Å². The minimum atomic E-state index is 0.00169. The number of rotatable bonds is 3. The molecule has 7 heteroatoms. The van der Waals surface area contributed by atoms with Gasteiger partial charge in [-0.05, 0) is 44.5 Å². The van der Waals surface area contributed by atoms with Crippen molar-refractivity contribution in [2.24, 2.45) is 7.05 Å². The maximum Gasteiger partial charge on any atom is 0.244 e. The number of anilines is 1. The summed E-state index contributed by atoms with van der Waals surface area (Å²) < 4.78 is 1.74. The van der Waals surface area contributed by atoms with Crippen LogP contribution in [-0.4, -0.2) is 56.2 Å². The predicted molar refractivity (Wildman–Crippen MR) is 104 cm³/mol. The van der Waals surface area contributed by atoms with Gasteiger partial charge in [-0.2, -0.15) is 5.10 Å². The van der Waals surface area contributed by atoms with Crippen LogP contribution in [0.4, 0.5) is 5.69 Å². The molecule has 140 valence electrons. The molecule has 0 radical (unpaired) electrons. The summed E-state index contributed by atoms with van der Waals surface area (Å²) in [6, 6.07) is 8.18. The van der Waals surface area contributed by atoms with Crippen molar-refractivity contribution in [1.82, 2.24) is 24.6 Å². The van der Waals surface area contributed by atoms with Crippen molar-refractivity contribution in [1.29, 1.82) is 0 Å². The smallest absolute Gasteiger partial charge is 0.244 e. The van der Waals surface area contributed by atoms with Crippen LogP contribution in [0.15, 0.2) is 36.7 Å². The normalized spacial score (nSPS) is 22.2. The second-order valence-electron chi connectivity index (χ2n) is 7.62. The number of carbonyl (C=O) groups is 1. The van der Waals surface area contributed by atoms with Crippen molar-refractivity contribution in [3.05, 3.63) is 42.5 Å². The molecule has 2 aliphatic heterocycles.